The molecule has 1 aromatic heterocycles. The number of fused-ring (bicyclic) bond motifs is 1. The van der Waals surface area contributed by atoms with Crippen LogP contribution >= 0.6 is 34.8 Å². The molecule has 1 heterocycles. The highest BCUT2D eigenvalue weighted by atomic mass is 35.5. The Kier molecular flexibility index (Phi) is 3.87. The number of hydrogen-bond donors (Lipinski definition) is 0. The van der Waals surface area contributed by atoms with Crippen LogP contribution in [0.2, 0.25) is 10.0 Å². The molecule has 1 unspecified atom stereocenters. The number of benzene rings is 2. The topological polar surface area (TPSA) is 17.8 Å². The van der Waals surface area contributed by atoms with E-state index in [9.17, 15) is 0 Å². The lowest BCUT2D eigenvalue weighted by Gasteiger charge is -2.14. The Hall–Kier alpha value is -1.22. The lowest BCUT2D eigenvalue weighted by molar-refractivity contribution is 0.881. The summed E-state index contributed by atoms with van der Waals surface area (Å²) in [7, 11) is 0. The van der Waals surface area contributed by atoms with Gasteiger partial charge in [0.05, 0.1) is 32.1 Å². The Labute approximate surface area is 138 Å². The van der Waals surface area contributed by atoms with Crippen molar-refractivity contribution in [2.75, 3.05) is 0 Å². The minimum atomic E-state index is -0.244. The first kappa shape index (κ1) is 14.7. The van der Waals surface area contributed by atoms with Crippen LogP contribution in [0.1, 0.15) is 23.7 Å². The first-order valence-corrected chi connectivity index (χ1v) is 7.76. The SMILES string of the molecule is Cc1cccc2nc(C(C)Cl)n(-c3cccc(Cl)c3Cl)c12. The lowest BCUT2D eigenvalue weighted by Crippen LogP contribution is -2.03. The van der Waals surface area contributed by atoms with Crippen LogP contribution in [0.3, 0.4) is 0 Å². The quantitative estimate of drug-likeness (QED) is 0.528. The summed E-state index contributed by atoms with van der Waals surface area (Å²) in [5.41, 5.74) is 3.81. The van der Waals surface area contributed by atoms with E-state index in [1.165, 1.54) is 0 Å². The van der Waals surface area contributed by atoms with Crippen LogP contribution < -0.4 is 0 Å². The summed E-state index contributed by atoms with van der Waals surface area (Å²) in [4.78, 5) is 4.65. The van der Waals surface area contributed by atoms with E-state index < -0.39 is 0 Å². The van der Waals surface area contributed by atoms with E-state index in [1.807, 2.05) is 48.7 Å². The third kappa shape index (κ3) is 2.42. The number of hydrogen-bond acceptors (Lipinski definition) is 1. The number of rotatable bonds is 2. The monoisotopic (exact) mass is 338 g/mol. The van der Waals surface area contributed by atoms with Gasteiger partial charge in [0.15, 0.2) is 0 Å². The van der Waals surface area contributed by atoms with E-state index in [0.29, 0.717) is 10.0 Å². The van der Waals surface area contributed by atoms with Crippen molar-refractivity contribution in [2.24, 2.45) is 0 Å². The van der Waals surface area contributed by atoms with Gasteiger partial charge in [-0.25, -0.2) is 4.98 Å². The molecular weight excluding hydrogens is 327 g/mol. The first-order chi connectivity index (χ1) is 10.0. The van der Waals surface area contributed by atoms with Gasteiger partial charge in [-0.1, -0.05) is 41.4 Å². The Morgan fingerprint density at radius 1 is 1.10 bits per heavy atom. The summed E-state index contributed by atoms with van der Waals surface area (Å²) < 4.78 is 2.00. The normalized spacial score (nSPS) is 12.8. The molecule has 0 bridgehead atoms. The summed E-state index contributed by atoms with van der Waals surface area (Å²) in [6.07, 6.45) is 0. The number of para-hydroxylation sites is 1. The second-order valence-electron chi connectivity index (χ2n) is 4.94. The molecule has 0 aliphatic rings. The molecule has 3 rings (SSSR count). The van der Waals surface area contributed by atoms with E-state index in [1.54, 1.807) is 6.07 Å². The molecule has 1 atom stereocenters. The molecule has 0 aliphatic heterocycles. The fraction of sp³-hybridized carbons (Fsp3) is 0.188. The van der Waals surface area contributed by atoms with Gasteiger partial charge in [0, 0.05) is 0 Å². The van der Waals surface area contributed by atoms with Crippen LogP contribution in [0.15, 0.2) is 36.4 Å². The van der Waals surface area contributed by atoms with Gasteiger partial charge in [0.25, 0.3) is 0 Å². The average Bonchev–Trinajstić information content (AvgIpc) is 2.83. The maximum Gasteiger partial charge on any atom is 0.132 e. The zero-order valence-corrected chi connectivity index (χ0v) is 13.8. The van der Waals surface area contributed by atoms with Crippen LogP contribution in [0.25, 0.3) is 16.7 Å². The second-order valence-corrected chi connectivity index (χ2v) is 6.38. The Balaban J connectivity index is 2.45. The smallest absolute Gasteiger partial charge is 0.132 e. The van der Waals surface area contributed by atoms with Gasteiger partial charge in [-0.15, -0.1) is 11.6 Å². The van der Waals surface area contributed by atoms with Crippen molar-refractivity contribution in [2.45, 2.75) is 19.2 Å². The number of aromatic nitrogens is 2. The fourth-order valence-corrected chi connectivity index (χ4v) is 3.01. The summed E-state index contributed by atoms with van der Waals surface area (Å²) in [6.45, 7) is 3.94. The summed E-state index contributed by atoms with van der Waals surface area (Å²) in [5, 5.41) is 0.768. The molecule has 2 nitrogen and oxygen atoms in total. The third-order valence-electron chi connectivity index (χ3n) is 3.43. The van der Waals surface area contributed by atoms with Crippen molar-refractivity contribution < 1.29 is 0 Å². The molecule has 0 aliphatic carbocycles. The zero-order chi connectivity index (χ0) is 15.1. The molecule has 0 saturated carbocycles. The van der Waals surface area contributed by atoms with Crippen molar-refractivity contribution in [3.05, 3.63) is 57.8 Å². The highest BCUT2D eigenvalue weighted by molar-refractivity contribution is 6.43. The van der Waals surface area contributed by atoms with Gasteiger partial charge in [0.2, 0.25) is 0 Å². The first-order valence-electron chi connectivity index (χ1n) is 6.57. The van der Waals surface area contributed by atoms with E-state index in [4.69, 9.17) is 34.8 Å². The zero-order valence-electron chi connectivity index (χ0n) is 11.6. The van der Waals surface area contributed by atoms with Crippen molar-refractivity contribution in [1.82, 2.24) is 9.55 Å². The molecular formula is C16H13Cl3N2. The highest BCUT2D eigenvalue weighted by Gasteiger charge is 2.19. The van der Waals surface area contributed by atoms with Crippen molar-refractivity contribution >= 4 is 45.8 Å². The van der Waals surface area contributed by atoms with Gasteiger partial charge in [-0.2, -0.15) is 0 Å². The Morgan fingerprint density at radius 3 is 2.52 bits per heavy atom. The molecule has 5 heteroatoms. The molecule has 3 aromatic rings. The summed E-state index contributed by atoms with van der Waals surface area (Å²) in [5.74, 6) is 0.755. The van der Waals surface area contributed by atoms with Gasteiger partial charge in [-0.3, -0.25) is 4.57 Å². The minimum Gasteiger partial charge on any atom is -0.293 e. The maximum absolute atomic E-state index is 6.39. The predicted molar refractivity (Wildman–Crippen MR) is 90.1 cm³/mol. The average molecular weight is 340 g/mol. The third-order valence-corrected chi connectivity index (χ3v) is 4.44. The van der Waals surface area contributed by atoms with Crippen LogP contribution in [0.5, 0.6) is 0 Å². The number of imidazole rings is 1. The molecule has 21 heavy (non-hydrogen) atoms. The van der Waals surface area contributed by atoms with E-state index in [0.717, 1.165) is 28.1 Å². The molecule has 0 radical (unpaired) electrons. The van der Waals surface area contributed by atoms with E-state index in [2.05, 4.69) is 4.98 Å². The van der Waals surface area contributed by atoms with E-state index in [-0.39, 0.29) is 5.38 Å². The predicted octanol–water partition coefficient (Wildman–Crippen LogP) is 5.94. The molecule has 0 spiro atoms. The van der Waals surface area contributed by atoms with Crippen LogP contribution in [-0.4, -0.2) is 9.55 Å². The molecule has 0 amide bonds. The number of alkyl halides is 1. The van der Waals surface area contributed by atoms with Crippen LogP contribution in [-0.2, 0) is 0 Å². The van der Waals surface area contributed by atoms with Gasteiger partial charge >= 0.3 is 0 Å². The van der Waals surface area contributed by atoms with Crippen molar-refractivity contribution in [3.8, 4) is 5.69 Å². The van der Waals surface area contributed by atoms with Gasteiger partial charge in [-0.05, 0) is 37.6 Å². The largest absolute Gasteiger partial charge is 0.293 e. The van der Waals surface area contributed by atoms with Crippen molar-refractivity contribution in [3.63, 3.8) is 0 Å². The molecule has 0 N–H and O–H groups in total. The standard InChI is InChI=1S/C16H13Cl3N2/c1-9-5-3-7-12-15(9)21(16(20-12)10(2)17)13-8-4-6-11(18)14(13)19/h3-8,10H,1-2H3. The molecule has 2 aromatic carbocycles. The van der Waals surface area contributed by atoms with Crippen LogP contribution in [0, 0.1) is 6.92 Å². The molecule has 0 saturated heterocycles. The summed E-state index contributed by atoms with van der Waals surface area (Å²) >= 11 is 18.9. The Morgan fingerprint density at radius 2 is 1.81 bits per heavy atom. The van der Waals surface area contributed by atoms with Gasteiger partial charge in [0.1, 0.15) is 5.82 Å². The van der Waals surface area contributed by atoms with E-state index >= 15 is 0 Å². The number of aryl methyl sites for hydroxylation is 1. The van der Waals surface area contributed by atoms with Gasteiger partial charge < -0.3 is 0 Å². The second kappa shape index (κ2) is 5.53. The minimum absolute atomic E-state index is 0.244. The van der Waals surface area contributed by atoms with Crippen LogP contribution in [0.4, 0.5) is 0 Å². The fourth-order valence-electron chi connectivity index (χ4n) is 2.49. The highest BCUT2D eigenvalue weighted by Crippen LogP contribution is 2.35. The number of halogens is 3. The summed E-state index contributed by atoms with van der Waals surface area (Å²) in [6, 6.07) is 11.6. The lowest BCUT2D eigenvalue weighted by atomic mass is 10.2. The molecule has 0 fully saturated rings. The maximum atomic E-state index is 6.39. The number of nitrogens with zero attached hydrogens (tertiary/aromatic N) is 2. The Bertz CT molecular complexity index is 822. The van der Waals surface area contributed by atoms with Crippen molar-refractivity contribution in [1.29, 1.82) is 0 Å². The molecule has 108 valence electrons.